The normalized spacial score (nSPS) is 19.2. The Kier molecular flexibility index (Phi) is 5.91. The number of rotatable bonds is 5. The predicted molar refractivity (Wildman–Crippen MR) is 111 cm³/mol. The Morgan fingerprint density at radius 3 is 2.68 bits per heavy atom. The molecular weight excluding hydrogens is 376 g/mol. The van der Waals surface area contributed by atoms with Gasteiger partial charge >= 0.3 is 0 Å². The summed E-state index contributed by atoms with van der Waals surface area (Å²) in [5.74, 6) is -0.115. The minimum atomic E-state index is -0.181. The number of thiazole rings is 1. The van der Waals surface area contributed by atoms with Gasteiger partial charge in [0.2, 0.25) is 5.91 Å². The van der Waals surface area contributed by atoms with Crippen LogP contribution in [0.15, 0.2) is 11.1 Å². The van der Waals surface area contributed by atoms with Crippen LogP contribution in [0.4, 0.5) is 5.13 Å². The summed E-state index contributed by atoms with van der Waals surface area (Å²) < 4.78 is 1.93. The average molecular weight is 405 g/mol. The van der Waals surface area contributed by atoms with Crippen molar-refractivity contribution in [2.75, 3.05) is 37.6 Å². The number of piperazine rings is 1. The molecule has 0 spiro atoms. The minimum absolute atomic E-state index is 0.0146. The lowest BCUT2D eigenvalue weighted by Crippen LogP contribution is -2.46. The van der Waals surface area contributed by atoms with Gasteiger partial charge in [0.05, 0.1) is 0 Å². The van der Waals surface area contributed by atoms with Crippen molar-refractivity contribution in [2.24, 2.45) is 0 Å². The molecule has 1 amide bonds. The van der Waals surface area contributed by atoms with Crippen molar-refractivity contribution in [1.29, 1.82) is 0 Å². The molecular formula is C19H28N6O2S. The molecule has 1 aliphatic carbocycles. The number of carbonyl (C=O) groups excluding carboxylic acids is 1. The number of nitrogens with zero attached hydrogens (tertiary/aromatic N) is 5. The van der Waals surface area contributed by atoms with Crippen LogP contribution in [-0.4, -0.2) is 64.1 Å². The van der Waals surface area contributed by atoms with Crippen LogP contribution in [0, 0.1) is 0 Å². The first-order valence-electron chi connectivity index (χ1n) is 10.3. The summed E-state index contributed by atoms with van der Waals surface area (Å²) in [7, 11) is 0. The van der Waals surface area contributed by atoms with Crippen LogP contribution in [0.25, 0.3) is 10.3 Å². The number of aromatic nitrogens is 3. The molecule has 152 valence electrons. The van der Waals surface area contributed by atoms with Crippen molar-refractivity contribution in [3.8, 4) is 0 Å². The van der Waals surface area contributed by atoms with Gasteiger partial charge in [-0.1, -0.05) is 37.5 Å². The number of fused-ring (bicyclic) bond motifs is 1. The van der Waals surface area contributed by atoms with Gasteiger partial charge in [-0.25, -0.2) is 4.98 Å². The third kappa shape index (κ3) is 4.20. The lowest BCUT2D eigenvalue weighted by Gasteiger charge is -2.33. The number of hydrogen-bond donors (Lipinski definition) is 1. The second-order valence-corrected chi connectivity index (χ2v) is 8.63. The van der Waals surface area contributed by atoms with Crippen molar-refractivity contribution in [2.45, 2.75) is 51.6 Å². The molecule has 2 fully saturated rings. The average Bonchev–Trinajstić information content (AvgIpc) is 3.16. The van der Waals surface area contributed by atoms with E-state index in [0.717, 1.165) is 63.5 Å². The predicted octanol–water partition coefficient (Wildman–Crippen LogP) is 1.44. The fourth-order valence-corrected chi connectivity index (χ4v) is 5.03. The van der Waals surface area contributed by atoms with Gasteiger partial charge < -0.3 is 15.1 Å². The first-order valence-corrected chi connectivity index (χ1v) is 11.1. The lowest BCUT2D eigenvalue weighted by atomic mass is 9.95. The van der Waals surface area contributed by atoms with Crippen LogP contribution < -0.4 is 15.8 Å². The molecule has 28 heavy (non-hydrogen) atoms. The standard InChI is InChI=1S/C19H28N6O2S/c1-2-23-8-10-24(11-9-23)19-22-17-16(28-19)18(27)25(13-20-17)12-15(26)21-14-6-4-3-5-7-14/h13-14H,2-12H2,1H3,(H,21,26). The molecule has 0 aromatic carbocycles. The summed E-state index contributed by atoms with van der Waals surface area (Å²) in [6, 6.07) is 0.241. The largest absolute Gasteiger partial charge is 0.352 e. The number of carbonyl (C=O) groups is 1. The summed E-state index contributed by atoms with van der Waals surface area (Å²) in [4.78, 5) is 38.7. The van der Waals surface area contributed by atoms with E-state index < -0.39 is 0 Å². The second kappa shape index (κ2) is 8.57. The Bertz CT molecular complexity index is 880. The van der Waals surface area contributed by atoms with E-state index in [1.807, 2.05) is 0 Å². The van der Waals surface area contributed by atoms with Crippen molar-refractivity contribution in [3.05, 3.63) is 16.7 Å². The lowest BCUT2D eigenvalue weighted by molar-refractivity contribution is -0.122. The summed E-state index contributed by atoms with van der Waals surface area (Å²) in [6.45, 7) is 7.07. The van der Waals surface area contributed by atoms with Crippen molar-refractivity contribution >= 4 is 32.7 Å². The Balaban J connectivity index is 1.46. The number of amides is 1. The summed E-state index contributed by atoms with van der Waals surface area (Å²) in [5, 5.41) is 3.90. The quantitative estimate of drug-likeness (QED) is 0.812. The van der Waals surface area contributed by atoms with Crippen molar-refractivity contribution in [3.63, 3.8) is 0 Å². The van der Waals surface area contributed by atoms with Crippen molar-refractivity contribution < 1.29 is 4.79 Å². The molecule has 0 bridgehead atoms. The highest BCUT2D eigenvalue weighted by molar-refractivity contribution is 7.22. The van der Waals surface area contributed by atoms with Gasteiger partial charge in [-0.05, 0) is 19.4 Å². The Morgan fingerprint density at radius 2 is 1.96 bits per heavy atom. The zero-order valence-corrected chi connectivity index (χ0v) is 17.2. The second-order valence-electron chi connectivity index (χ2n) is 7.65. The van der Waals surface area contributed by atoms with E-state index in [4.69, 9.17) is 0 Å². The minimum Gasteiger partial charge on any atom is -0.352 e. The zero-order chi connectivity index (χ0) is 19.5. The maximum absolute atomic E-state index is 12.8. The van der Waals surface area contributed by atoms with E-state index in [1.54, 1.807) is 0 Å². The van der Waals surface area contributed by atoms with E-state index in [-0.39, 0.29) is 24.1 Å². The third-order valence-electron chi connectivity index (χ3n) is 5.75. The smallest absolute Gasteiger partial charge is 0.273 e. The molecule has 0 atom stereocenters. The number of hydrogen-bond acceptors (Lipinski definition) is 7. The van der Waals surface area contributed by atoms with E-state index in [0.29, 0.717) is 10.3 Å². The molecule has 1 saturated carbocycles. The van der Waals surface area contributed by atoms with Gasteiger partial charge in [0.15, 0.2) is 10.8 Å². The molecule has 4 rings (SSSR count). The highest BCUT2D eigenvalue weighted by atomic mass is 32.1. The fourth-order valence-electron chi connectivity index (χ4n) is 4.01. The topological polar surface area (TPSA) is 83.4 Å². The van der Waals surface area contributed by atoms with E-state index >= 15 is 0 Å². The summed E-state index contributed by atoms with van der Waals surface area (Å²) in [5.41, 5.74) is 0.298. The van der Waals surface area contributed by atoms with Crippen LogP contribution in [-0.2, 0) is 11.3 Å². The van der Waals surface area contributed by atoms with Crippen LogP contribution >= 0.6 is 11.3 Å². The van der Waals surface area contributed by atoms with Gasteiger partial charge in [0.1, 0.15) is 17.6 Å². The van der Waals surface area contributed by atoms with Gasteiger partial charge in [0, 0.05) is 32.2 Å². The molecule has 2 aromatic rings. The molecule has 9 heteroatoms. The highest BCUT2D eigenvalue weighted by Crippen LogP contribution is 2.26. The first-order chi connectivity index (χ1) is 13.6. The molecule has 1 aliphatic heterocycles. The Hall–Kier alpha value is -2.00. The van der Waals surface area contributed by atoms with Gasteiger partial charge in [0.25, 0.3) is 5.56 Å². The Morgan fingerprint density at radius 1 is 1.21 bits per heavy atom. The summed E-state index contributed by atoms with van der Waals surface area (Å²) in [6.07, 6.45) is 7.07. The van der Waals surface area contributed by atoms with Gasteiger partial charge in [-0.2, -0.15) is 4.98 Å². The molecule has 2 aromatic heterocycles. The maximum Gasteiger partial charge on any atom is 0.273 e. The van der Waals surface area contributed by atoms with Crippen molar-refractivity contribution in [1.82, 2.24) is 24.8 Å². The first kappa shape index (κ1) is 19.3. The fraction of sp³-hybridized carbons (Fsp3) is 0.684. The molecule has 3 heterocycles. The highest BCUT2D eigenvalue weighted by Gasteiger charge is 2.21. The van der Waals surface area contributed by atoms with Crippen LogP contribution in [0.2, 0.25) is 0 Å². The van der Waals surface area contributed by atoms with Crippen LogP contribution in [0.3, 0.4) is 0 Å². The van der Waals surface area contributed by atoms with Gasteiger partial charge in [-0.15, -0.1) is 0 Å². The number of anilines is 1. The Labute approximate surface area is 168 Å². The van der Waals surface area contributed by atoms with E-state index in [2.05, 4.69) is 32.0 Å². The number of likely N-dealkylation sites (N-methyl/N-ethyl adjacent to an activating group) is 1. The zero-order valence-electron chi connectivity index (χ0n) is 16.4. The molecule has 1 N–H and O–H groups in total. The maximum atomic E-state index is 12.8. The van der Waals surface area contributed by atoms with Gasteiger partial charge in [-0.3, -0.25) is 14.2 Å². The molecule has 0 unspecified atom stereocenters. The van der Waals surface area contributed by atoms with E-state index in [9.17, 15) is 9.59 Å². The van der Waals surface area contributed by atoms with E-state index in [1.165, 1.54) is 28.7 Å². The summed E-state index contributed by atoms with van der Waals surface area (Å²) >= 11 is 1.38. The molecule has 8 nitrogen and oxygen atoms in total. The monoisotopic (exact) mass is 404 g/mol. The SMILES string of the molecule is CCN1CCN(c2nc3ncn(CC(=O)NC4CCCCC4)c(=O)c3s2)CC1. The number of nitrogens with one attached hydrogen (secondary N) is 1. The van der Waals surface area contributed by atoms with Crippen LogP contribution in [0.5, 0.6) is 0 Å². The third-order valence-corrected chi connectivity index (χ3v) is 6.84. The molecule has 2 aliphatic rings. The molecule has 0 radical (unpaired) electrons. The van der Waals surface area contributed by atoms with Crippen LogP contribution in [0.1, 0.15) is 39.0 Å². The molecule has 1 saturated heterocycles.